The number of hydrogen-bond donors (Lipinski definition) is 2. The molecule has 2 amide bonds. The molecule has 1 rings (SSSR count). The summed E-state index contributed by atoms with van der Waals surface area (Å²) in [5.74, 6) is 0.452. The number of carbonyl (C=O) groups is 1. The largest absolute Gasteiger partial charge is 0.338 e. The average Bonchev–Trinajstić information content (AvgIpc) is 2.29. The lowest BCUT2D eigenvalue weighted by molar-refractivity contribution is 0.243. The first-order chi connectivity index (χ1) is 8.09. The lowest BCUT2D eigenvalue weighted by Gasteiger charge is -2.06. The predicted octanol–water partition coefficient (Wildman–Crippen LogP) is 3.38. The van der Waals surface area contributed by atoms with Gasteiger partial charge in [-0.2, -0.15) is 0 Å². The molecular formula is C13H17BrN2O. The van der Waals surface area contributed by atoms with E-state index in [1.54, 1.807) is 6.20 Å². The quantitative estimate of drug-likeness (QED) is 0.879. The lowest BCUT2D eigenvalue weighted by atomic mass is 10.2. The van der Waals surface area contributed by atoms with Gasteiger partial charge in [-0.1, -0.05) is 48.0 Å². The van der Waals surface area contributed by atoms with E-state index >= 15 is 0 Å². The van der Waals surface area contributed by atoms with Crippen molar-refractivity contribution in [3.05, 3.63) is 40.5 Å². The number of rotatable bonds is 4. The second-order valence-corrected chi connectivity index (χ2v) is 4.96. The van der Waals surface area contributed by atoms with Crippen molar-refractivity contribution in [1.29, 1.82) is 0 Å². The number of halogens is 1. The Hall–Kier alpha value is -1.29. The van der Waals surface area contributed by atoms with Crippen molar-refractivity contribution in [2.45, 2.75) is 13.8 Å². The second-order valence-electron chi connectivity index (χ2n) is 4.10. The Labute approximate surface area is 110 Å². The van der Waals surface area contributed by atoms with E-state index in [-0.39, 0.29) is 6.03 Å². The van der Waals surface area contributed by atoms with Gasteiger partial charge < -0.3 is 10.6 Å². The zero-order valence-corrected chi connectivity index (χ0v) is 11.6. The van der Waals surface area contributed by atoms with Crippen LogP contribution in [0, 0.1) is 5.92 Å². The van der Waals surface area contributed by atoms with E-state index in [4.69, 9.17) is 0 Å². The van der Waals surface area contributed by atoms with E-state index in [1.807, 2.05) is 30.3 Å². The van der Waals surface area contributed by atoms with Crippen LogP contribution in [-0.2, 0) is 0 Å². The third-order valence-corrected chi connectivity index (χ3v) is 2.78. The van der Waals surface area contributed by atoms with E-state index in [0.29, 0.717) is 12.5 Å². The maximum atomic E-state index is 11.3. The van der Waals surface area contributed by atoms with Crippen molar-refractivity contribution in [2.24, 2.45) is 5.92 Å². The van der Waals surface area contributed by atoms with Crippen LogP contribution < -0.4 is 10.6 Å². The molecule has 0 atom stereocenters. The smallest absolute Gasteiger partial charge is 0.318 e. The maximum Gasteiger partial charge on any atom is 0.318 e. The fraction of sp³-hybridized carbons (Fsp3) is 0.308. The van der Waals surface area contributed by atoms with Crippen LogP contribution in [0.4, 0.5) is 4.79 Å². The third-order valence-electron chi connectivity index (χ3n) is 2.05. The summed E-state index contributed by atoms with van der Waals surface area (Å²) in [5.41, 5.74) is 1.02. The number of nitrogens with one attached hydrogen (secondary N) is 2. The second kappa shape index (κ2) is 7.12. The van der Waals surface area contributed by atoms with Gasteiger partial charge in [-0.3, -0.25) is 0 Å². The molecule has 92 valence electrons. The fourth-order valence-corrected chi connectivity index (χ4v) is 1.58. The highest BCUT2D eigenvalue weighted by Crippen LogP contribution is 2.16. The van der Waals surface area contributed by atoms with Crippen LogP contribution in [-0.4, -0.2) is 12.6 Å². The van der Waals surface area contributed by atoms with Crippen LogP contribution in [0.2, 0.25) is 0 Å². The first-order valence-corrected chi connectivity index (χ1v) is 6.34. The van der Waals surface area contributed by atoms with Gasteiger partial charge in [0, 0.05) is 17.2 Å². The maximum absolute atomic E-state index is 11.3. The Morgan fingerprint density at radius 3 is 2.76 bits per heavy atom. The summed E-state index contributed by atoms with van der Waals surface area (Å²) in [7, 11) is 0. The summed E-state index contributed by atoms with van der Waals surface area (Å²) in [5, 5.41) is 5.43. The van der Waals surface area contributed by atoms with E-state index in [2.05, 4.69) is 40.4 Å². The summed E-state index contributed by atoms with van der Waals surface area (Å²) in [6.07, 6.45) is 3.48. The van der Waals surface area contributed by atoms with Crippen molar-refractivity contribution in [3.8, 4) is 0 Å². The molecule has 0 radical (unpaired) electrons. The van der Waals surface area contributed by atoms with E-state index in [1.165, 1.54) is 0 Å². The third kappa shape index (κ3) is 5.54. The normalized spacial score (nSPS) is 10.8. The van der Waals surface area contributed by atoms with Gasteiger partial charge in [0.05, 0.1) is 0 Å². The van der Waals surface area contributed by atoms with Gasteiger partial charge in [0.1, 0.15) is 0 Å². The van der Waals surface area contributed by atoms with Crippen LogP contribution in [0.1, 0.15) is 19.4 Å². The zero-order valence-electron chi connectivity index (χ0n) is 10.0. The molecule has 0 saturated carbocycles. The van der Waals surface area contributed by atoms with Crippen LogP contribution in [0.15, 0.2) is 34.9 Å². The van der Waals surface area contributed by atoms with Gasteiger partial charge in [0.25, 0.3) is 0 Å². The predicted molar refractivity (Wildman–Crippen MR) is 74.5 cm³/mol. The monoisotopic (exact) mass is 296 g/mol. The van der Waals surface area contributed by atoms with Crippen LogP contribution in [0.5, 0.6) is 0 Å². The number of benzene rings is 1. The first kappa shape index (κ1) is 13.8. The molecule has 0 saturated heterocycles. The van der Waals surface area contributed by atoms with Crippen molar-refractivity contribution in [3.63, 3.8) is 0 Å². The minimum atomic E-state index is -0.179. The Morgan fingerprint density at radius 2 is 2.12 bits per heavy atom. The van der Waals surface area contributed by atoms with Crippen molar-refractivity contribution < 1.29 is 4.79 Å². The molecule has 0 aliphatic heterocycles. The number of urea groups is 1. The van der Waals surface area contributed by atoms with Gasteiger partial charge >= 0.3 is 6.03 Å². The summed E-state index contributed by atoms with van der Waals surface area (Å²) in [6.45, 7) is 4.78. The lowest BCUT2D eigenvalue weighted by Crippen LogP contribution is -2.34. The minimum absolute atomic E-state index is 0.179. The van der Waals surface area contributed by atoms with Crippen molar-refractivity contribution in [2.75, 3.05) is 6.54 Å². The number of hydrogen-bond acceptors (Lipinski definition) is 1. The topological polar surface area (TPSA) is 41.1 Å². The highest BCUT2D eigenvalue weighted by atomic mass is 79.9. The standard InChI is InChI=1S/C13H17BrN2O/c1-10(2)9-16-13(17)15-8-7-11-5-3-4-6-12(11)14/h3-8,10H,9H2,1-2H3,(H2,15,16,17)/b8-7+. The highest BCUT2D eigenvalue weighted by molar-refractivity contribution is 9.10. The Kier molecular flexibility index (Phi) is 5.77. The van der Waals surface area contributed by atoms with Gasteiger partial charge in [-0.15, -0.1) is 0 Å². The fourth-order valence-electron chi connectivity index (χ4n) is 1.17. The van der Waals surface area contributed by atoms with E-state index in [9.17, 15) is 4.79 Å². The molecule has 2 N–H and O–H groups in total. The molecule has 1 aromatic rings. The molecule has 0 aromatic heterocycles. The Bertz CT molecular complexity index is 402. The summed E-state index contributed by atoms with van der Waals surface area (Å²) >= 11 is 3.43. The van der Waals surface area contributed by atoms with Crippen LogP contribution in [0.3, 0.4) is 0 Å². The SMILES string of the molecule is CC(C)CNC(=O)N/C=C/c1ccccc1Br. The minimum Gasteiger partial charge on any atom is -0.338 e. The van der Waals surface area contributed by atoms with Gasteiger partial charge in [-0.25, -0.2) is 4.79 Å². The highest BCUT2D eigenvalue weighted by Gasteiger charge is 1.98. The molecule has 0 aliphatic rings. The van der Waals surface area contributed by atoms with Crippen molar-refractivity contribution >= 4 is 28.0 Å². The molecule has 0 fully saturated rings. The van der Waals surface area contributed by atoms with Crippen molar-refractivity contribution in [1.82, 2.24) is 10.6 Å². The molecule has 0 bridgehead atoms. The molecule has 0 aliphatic carbocycles. The summed E-state index contributed by atoms with van der Waals surface area (Å²) < 4.78 is 1.00. The summed E-state index contributed by atoms with van der Waals surface area (Å²) in [4.78, 5) is 11.3. The number of amides is 2. The van der Waals surface area contributed by atoms with Crippen LogP contribution >= 0.6 is 15.9 Å². The van der Waals surface area contributed by atoms with Crippen LogP contribution in [0.25, 0.3) is 6.08 Å². The first-order valence-electron chi connectivity index (χ1n) is 5.55. The van der Waals surface area contributed by atoms with E-state index < -0.39 is 0 Å². The molecule has 1 aromatic carbocycles. The average molecular weight is 297 g/mol. The van der Waals surface area contributed by atoms with E-state index in [0.717, 1.165) is 10.0 Å². The molecule has 0 heterocycles. The van der Waals surface area contributed by atoms with Gasteiger partial charge in [-0.05, 0) is 23.6 Å². The Balaban J connectivity index is 2.40. The molecule has 4 heteroatoms. The summed E-state index contributed by atoms with van der Waals surface area (Å²) in [6, 6.07) is 7.64. The zero-order chi connectivity index (χ0) is 12.7. The Morgan fingerprint density at radius 1 is 1.41 bits per heavy atom. The molecule has 17 heavy (non-hydrogen) atoms. The van der Waals surface area contributed by atoms with Gasteiger partial charge in [0.15, 0.2) is 0 Å². The molecular weight excluding hydrogens is 280 g/mol. The van der Waals surface area contributed by atoms with Gasteiger partial charge in [0.2, 0.25) is 0 Å². The number of carbonyl (C=O) groups excluding carboxylic acids is 1. The molecule has 0 unspecified atom stereocenters. The molecule has 0 spiro atoms. The molecule has 3 nitrogen and oxygen atoms in total.